The van der Waals surface area contributed by atoms with Crippen LogP contribution in [0.1, 0.15) is 25.6 Å². The van der Waals surface area contributed by atoms with Crippen molar-refractivity contribution in [3.05, 3.63) is 18.0 Å². The number of nitrogens with one attached hydrogen (secondary N) is 2. The van der Waals surface area contributed by atoms with Gasteiger partial charge in [-0.1, -0.05) is 13.8 Å². The Morgan fingerprint density at radius 1 is 1.33 bits per heavy atom. The molecule has 0 radical (unpaired) electrons. The summed E-state index contributed by atoms with van der Waals surface area (Å²) in [5, 5.41) is 3.33. The Bertz CT molecular complexity index is 517. The topological polar surface area (TPSA) is 56.8 Å². The molecule has 0 aliphatic carbocycles. The number of fused-ring (bicyclic) bond motifs is 1. The van der Waals surface area contributed by atoms with Gasteiger partial charge in [-0.05, 0) is 18.7 Å². The number of rotatable bonds is 5. The van der Waals surface area contributed by atoms with Crippen LogP contribution in [0.15, 0.2) is 12.1 Å². The van der Waals surface area contributed by atoms with Crippen molar-refractivity contribution in [1.82, 2.24) is 20.3 Å². The SMILES string of the molecule is CCNCC(C)c1nc2nc(N(C)C)ccc2[nH]1. The predicted octanol–water partition coefficient (Wildman–Crippen LogP) is 1.74. The average molecular weight is 247 g/mol. The first-order chi connectivity index (χ1) is 8.61. The molecule has 0 saturated carbocycles. The zero-order valence-electron chi connectivity index (χ0n) is 11.5. The number of aromatic nitrogens is 3. The van der Waals surface area contributed by atoms with Gasteiger partial charge in [0.2, 0.25) is 0 Å². The van der Waals surface area contributed by atoms with Crippen LogP contribution in [-0.2, 0) is 0 Å². The van der Waals surface area contributed by atoms with E-state index < -0.39 is 0 Å². The molecule has 98 valence electrons. The fourth-order valence-corrected chi connectivity index (χ4v) is 1.84. The molecule has 0 saturated heterocycles. The number of H-pyrrole nitrogens is 1. The van der Waals surface area contributed by atoms with Crippen LogP contribution in [0.3, 0.4) is 0 Å². The third-order valence-corrected chi connectivity index (χ3v) is 2.98. The van der Waals surface area contributed by atoms with Crippen LogP contribution in [0, 0.1) is 0 Å². The van der Waals surface area contributed by atoms with Crippen molar-refractivity contribution in [2.75, 3.05) is 32.1 Å². The fraction of sp³-hybridized carbons (Fsp3) is 0.538. The normalized spacial score (nSPS) is 12.9. The van der Waals surface area contributed by atoms with Crippen LogP contribution in [0.4, 0.5) is 5.82 Å². The van der Waals surface area contributed by atoms with Gasteiger partial charge in [-0.3, -0.25) is 0 Å². The summed E-state index contributed by atoms with van der Waals surface area (Å²) in [5.74, 6) is 2.29. The van der Waals surface area contributed by atoms with E-state index in [9.17, 15) is 0 Å². The third kappa shape index (κ3) is 2.61. The van der Waals surface area contributed by atoms with Gasteiger partial charge in [0.1, 0.15) is 11.6 Å². The maximum atomic E-state index is 4.58. The number of likely N-dealkylation sites (N-methyl/N-ethyl adjacent to an activating group) is 1. The molecule has 0 bridgehead atoms. The van der Waals surface area contributed by atoms with E-state index in [1.165, 1.54) is 0 Å². The van der Waals surface area contributed by atoms with Crippen LogP contribution >= 0.6 is 0 Å². The molecule has 0 aliphatic heterocycles. The number of pyridine rings is 1. The number of nitrogens with zero attached hydrogens (tertiary/aromatic N) is 3. The lowest BCUT2D eigenvalue weighted by Gasteiger charge is -2.09. The monoisotopic (exact) mass is 247 g/mol. The minimum Gasteiger partial charge on any atom is -0.363 e. The van der Waals surface area contributed by atoms with Gasteiger partial charge in [0.05, 0.1) is 5.52 Å². The van der Waals surface area contributed by atoms with Gasteiger partial charge < -0.3 is 15.2 Å². The van der Waals surface area contributed by atoms with E-state index in [1.54, 1.807) is 0 Å². The first-order valence-electron chi connectivity index (χ1n) is 6.36. The van der Waals surface area contributed by atoms with Crippen LogP contribution in [0.25, 0.3) is 11.2 Å². The standard InChI is InChI=1S/C13H21N5/c1-5-14-8-9(2)12-15-10-6-7-11(18(3)4)16-13(10)17-12/h6-7,9,14H,5,8H2,1-4H3,(H,15,16,17). The van der Waals surface area contributed by atoms with Crippen molar-refractivity contribution in [2.24, 2.45) is 0 Å². The van der Waals surface area contributed by atoms with E-state index in [-0.39, 0.29) is 0 Å². The van der Waals surface area contributed by atoms with Crippen LogP contribution in [-0.4, -0.2) is 42.1 Å². The van der Waals surface area contributed by atoms with Gasteiger partial charge >= 0.3 is 0 Å². The first kappa shape index (κ1) is 12.8. The van der Waals surface area contributed by atoms with Crippen molar-refractivity contribution >= 4 is 17.0 Å². The molecule has 0 amide bonds. The van der Waals surface area contributed by atoms with Gasteiger partial charge in [-0.2, -0.15) is 0 Å². The first-order valence-corrected chi connectivity index (χ1v) is 6.36. The lowest BCUT2D eigenvalue weighted by Crippen LogP contribution is -2.20. The third-order valence-electron chi connectivity index (χ3n) is 2.98. The summed E-state index contributed by atoms with van der Waals surface area (Å²) in [4.78, 5) is 14.4. The zero-order chi connectivity index (χ0) is 13.1. The van der Waals surface area contributed by atoms with E-state index in [4.69, 9.17) is 0 Å². The zero-order valence-corrected chi connectivity index (χ0v) is 11.5. The Morgan fingerprint density at radius 3 is 2.78 bits per heavy atom. The molecular formula is C13H21N5. The molecule has 2 N–H and O–H groups in total. The van der Waals surface area contributed by atoms with Gasteiger partial charge in [0.15, 0.2) is 5.65 Å². The number of hydrogen-bond donors (Lipinski definition) is 2. The molecule has 5 nitrogen and oxygen atoms in total. The minimum absolute atomic E-state index is 0.363. The van der Waals surface area contributed by atoms with Crippen molar-refractivity contribution in [1.29, 1.82) is 0 Å². The smallest absolute Gasteiger partial charge is 0.179 e. The van der Waals surface area contributed by atoms with Crippen molar-refractivity contribution < 1.29 is 0 Å². The number of hydrogen-bond acceptors (Lipinski definition) is 4. The predicted molar refractivity (Wildman–Crippen MR) is 75.2 cm³/mol. The maximum Gasteiger partial charge on any atom is 0.179 e. The van der Waals surface area contributed by atoms with Crippen molar-refractivity contribution in [3.8, 4) is 0 Å². The Hall–Kier alpha value is -1.62. The van der Waals surface area contributed by atoms with Gasteiger partial charge in [-0.25, -0.2) is 9.97 Å². The molecule has 5 heteroatoms. The quantitative estimate of drug-likeness (QED) is 0.845. The van der Waals surface area contributed by atoms with Crippen molar-refractivity contribution in [3.63, 3.8) is 0 Å². The molecule has 0 aliphatic rings. The summed E-state index contributed by atoms with van der Waals surface area (Å²) < 4.78 is 0. The summed E-state index contributed by atoms with van der Waals surface area (Å²) in [6, 6.07) is 4.04. The molecular weight excluding hydrogens is 226 g/mol. The van der Waals surface area contributed by atoms with Crippen LogP contribution in [0.2, 0.25) is 0 Å². The number of anilines is 1. The highest BCUT2D eigenvalue weighted by atomic mass is 15.1. The molecule has 2 heterocycles. The Labute approximate surface area is 108 Å². The Balaban J connectivity index is 2.26. The summed E-state index contributed by atoms with van der Waals surface area (Å²) in [6.45, 7) is 6.17. The summed E-state index contributed by atoms with van der Waals surface area (Å²) >= 11 is 0. The number of aromatic amines is 1. The van der Waals surface area contributed by atoms with E-state index in [1.807, 2.05) is 31.1 Å². The maximum absolute atomic E-state index is 4.58. The second kappa shape index (κ2) is 5.35. The lowest BCUT2D eigenvalue weighted by atomic mass is 10.2. The molecule has 18 heavy (non-hydrogen) atoms. The highest BCUT2D eigenvalue weighted by molar-refractivity contribution is 5.73. The highest BCUT2D eigenvalue weighted by Gasteiger charge is 2.11. The molecule has 2 rings (SSSR count). The van der Waals surface area contributed by atoms with E-state index in [0.717, 1.165) is 35.9 Å². The van der Waals surface area contributed by atoms with E-state index in [0.29, 0.717) is 5.92 Å². The van der Waals surface area contributed by atoms with Gasteiger partial charge in [0, 0.05) is 26.6 Å². The van der Waals surface area contributed by atoms with Gasteiger partial charge in [-0.15, -0.1) is 0 Å². The Morgan fingerprint density at radius 2 is 2.11 bits per heavy atom. The fourth-order valence-electron chi connectivity index (χ4n) is 1.84. The van der Waals surface area contributed by atoms with E-state index in [2.05, 4.69) is 34.1 Å². The minimum atomic E-state index is 0.363. The van der Waals surface area contributed by atoms with Crippen molar-refractivity contribution in [2.45, 2.75) is 19.8 Å². The molecule has 0 spiro atoms. The molecule has 1 unspecified atom stereocenters. The van der Waals surface area contributed by atoms with E-state index >= 15 is 0 Å². The summed E-state index contributed by atoms with van der Waals surface area (Å²) in [7, 11) is 3.96. The summed E-state index contributed by atoms with van der Waals surface area (Å²) in [5.41, 5.74) is 1.79. The largest absolute Gasteiger partial charge is 0.363 e. The molecule has 2 aromatic rings. The second-order valence-electron chi connectivity index (χ2n) is 4.77. The van der Waals surface area contributed by atoms with Crippen LogP contribution < -0.4 is 10.2 Å². The Kier molecular flexibility index (Phi) is 3.81. The highest BCUT2D eigenvalue weighted by Crippen LogP contribution is 2.18. The lowest BCUT2D eigenvalue weighted by molar-refractivity contribution is 0.614. The average Bonchev–Trinajstić information content (AvgIpc) is 2.78. The van der Waals surface area contributed by atoms with Crippen LogP contribution in [0.5, 0.6) is 0 Å². The molecule has 0 aromatic carbocycles. The number of imidazole rings is 1. The molecule has 1 atom stereocenters. The molecule has 0 fully saturated rings. The molecule has 2 aromatic heterocycles. The second-order valence-corrected chi connectivity index (χ2v) is 4.77. The van der Waals surface area contributed by atoms with Gasteiger partial charge in [0.25, 0.3) is 0 Å². The summed E-state index contributed by atoms with van der Waals surface area (Å²) in [6.07, 6.45) is 0.